The number of benzene rings is 2. The maximum atomic E-state index is 14.2. The lowest BCUT2D eigenvalue weighted by atomic mass is 9.90. The Balaban J connectivity index is 2.22. The molecule has 0 N–H and O–H groups in total. The highest BCUT2D eigenvalue weighted by atomic mass is 19.4. The first-order chi connectivity index (χ1) is 22.1. The third kappa shape index (κ3) is 7.81. The largest absolute Gasteiger partial charge is 0.471 e. The van der Waals surface area contributed by atoms with Gasteiger partial charge in [0.15, 0.2) is 0 Å². The number of unbranched alkanes of at least 4 members (excludes halogenated alkanes) is 5. The number of hydrogen-bond donors (Lipinski definition) is 0. The molecule has 0 unspecified atom stereocenters. The van der Waals surface area contributed by atoms with Gasteiger partial charge in [-0.15, -0.1) is 0 Å². The average Bonchev–Trinajstić information content (AvgIpc) is 2.99. The van der Waals surface area contributed by atoms with Gasteiger partial charge in [0.25, 0.3) is 0 Å². The predicted molar refractivity (Wildman–Crippen MR) is 137 cm³/mol. The standard InChI is InChI=1S/C29H25F17O3/c1-2-3-4-5-6-7-16-48-21(47)19-10-8-17(9-11-19)18-12-14-20(15-13-18)49-29(45,46)27(40,41)25(36,37)23(32,33)22(30,31)24(34,35)26(38,39)28(42,43)44/h8-15H,2-7,16H2,1H3. The molecule has 0 spiro atoms. The summed E-state index contributed by atoms with van der Waals surface area (Å²) in [6.07, 6.45) is -9.25. The summed E-state index contributed by atoms with van der Waals surface area (Å²) >= 11 is 0. The summed E-state index contributed by atoms with van der Waals surface area (Å²) in [5, 5.41) is 0. The molecule has 0 heterocycles. The van der Waals surface area contributed by atoms with Crippen LogP contribution in [0.25, 0.3) is 11.1 Å². The number of alkyl halides is 17. The number of carbonyl (C=O) groups excluding carboxylic acids is 1. The molecule has 278 valence electrons. The maximum Gasteiger partial charge on any atom is 0.471 e. The van der Waals surface area contributed by atoms with Crippen molar-refractivity contribution in [3.8, 4) is 16.9 Å². The molecule has 20 heteroatoms. The Morgan fingerprint density at radius 2 is 0.898 bits per heavy atom. The van der Waals surface area contributed by atoms with Crippen LogP contribution in [-0.4, -0.2) is 60.4 Å². The third-order valence-corrected chi connectivity index (χ3v) is 6.98. The smallest absolute Gasteiger partial charge is 0.462 e. The average molecular weight is 744 g/mol. The van der Waals surface area contributed by atoms with Crippen LogP contribution in [0.5, 0.6) is 5.75 Å². The SMILES string of the molecule is CCCCCCCCOC(=O)c1ccc(-c2ccc(OC(F)(F)C(F)(F)C(F)(F)C(F)(F)C(F)(F)C(F)(F)C(F)(F)C(F)(F)F)cc2)cc1. The fourth-order valence-corrected chi connectivity index (χ4v) is 4.01. The first-order valence-corrected chi connectivity index (χ1v) is 13.9. The zero-order chi connectivity index (χ0) is 37.9. The molecule has 49 heavy (non-hydrogen) atoms. The summed E-state index contributed by atoms with van der Waals surface area (Å²) in [7, 11) is 0. The molecule has 2 aromatic carbocycles. The molecule has 2 aromatic rings. The quantitative estimate of drug-likeness (QED) is 0.0919. The topological polar surface area (TPSA) is 35.5 Å². The molecule has 0 saturated carbocycles. The van der Waals surface area contributed by atoms with Crippen LogP contribution >= 0.6 is 0 Å². The number of halogens is 17. The van der Waals surface area contributed by atoms with E-state index in [1.54, 1.807) is 0 Å². The molecule has 0 aromatic heterocycles. The van der Waals surface area contributed by atoms with Crippen LogP contribution in [0.4, 0.5) is 74.6 Å². The van der Waals surface area contributed by atoms with Crippen molar-refractivity contribution >= 4 is 5.97 Å². The maximum absolute atomic E-state index is 14.2. The van der Waals surface area contributed by atoms with Crippen molar-refractivity contribution in [3.63, 3.8) is 0 Å². The molecule has 3 nitrogen and oxygen atoms in total. The Morgan fingerprint density at radius 3 is 1.35 bits per heavy atom. The fourth-order valence-electron chi connectivity index (χ4n) is 4.01. The lowest BCUT2D eigenvalue weighted by Crippen LogP contribution is -2.74. The molecule has 2 rings (SSSR count). The minimum Gasteiger partial charge on any atom is -0.462 e. The third-order valence-electron chi connectivity index (χ3n) is 6.98. The molecule has 0 atom stereocenters. The molecular weight excluding hydrogens is 719 g/mol. The molecule has 0 aliphatic rings. The van der Waals surface area contributed by atoms with Crippen molar-refractivity contribution in [2.75, 3.05) is 6.61 Å². The second-order valence-corrected chi connectivity index (χ2v) is 10.6. The van der Waals surface area contributed by atoms with Crippen molar-refractivity contribution in [3.05, 3.63) is 54.1 Å². The van der Waals surface area contributed by atoms with Gasteiger partial charge in [0.05, 0.1) is 12.2 Å². The summed E-state index contributed by atoms with van der Waals surface area (Å²) in [6, 6.07) is 7.37. The minimum absolute atomic E-state index is 0.0405. The van der Waals surface area contributed by atoms with Gasteiger partial charge in [0.2, 0.25) is 0 Å². The van der Waals surface area contributed by atoms with E-state index < -0.39 is 59.5 Å². The van der Waals surface area contributed by atoms with Gasteiger partial charge in [0, 0.05) is 0 Å². The second kappa shape index (κ2) is 14.4. The highest BCUT2D eigenvalue weighted by molar-refractivity contribution is 5.90. The summed E-state index contributed by atoms with van der Waals surface area (Å²) in [5.41, 5.74) is 0.333. The molecule has 0 bridgehead atoms. The van der Waals surface area contributed by atoms with Crippen LogP contribution < -0.4 is 4.74 Å². The summed E-state index contributed by atoms with van der Waals surface area (Å²) < 4.78 is 237. The van der Waals surface area contributed by atoms with Gasteiger partial charge >= 0.3 is 53.8 Å². The Kier molecular flexibility index (Phi) is 12.3. The van der Waals surface area contributed by atoms with Crippen molar-refractivity contribution in [2.45, 2.75) is 93.3 Å². The molecule has 0 amide bonds. The van der Waals surface area contributed by atoms with Gasteiger partial charge in [-0.3, -0.25) is 0 Å². The van der Waals surface area contributed by atoms with Gasteiger partial charge < -0.3 is 9.47 Å². The van der Waals surface area contributed by atoms with Gasteiger partial charge in [-0.1, -0.05) is 63.3 Å². The Morgan fingerprint density at radius 1 is 0.510 bits per heavy atom. The van der Waals surface area contributed by atoms with E-state index in [4.69, 9.17) is 4.74 Å². The van der Waals surface area contributed by atoms with Crippen LogP contribution in [0.3, 0.4) is 0 Å². The van der Waals surface area contributed by atoms with Gasteiger partial charge in [-0.2, -0.15) is 74.6 Å². The van der Waals surface area contributed by atoms with Crippen LogP contribution in [-0.2, 0) is 4.74 Å². The van der Waals surface area contributed by atoms with Crippen LogP contribution in [0.1, 0.15) is 55.8 Å². The first kappa shape index (κ1) is 41.7. The van der Waals surface area contributed by atoms with Gasteiger partial charge in [0.1, 0.15) is 5.75 Å². The monoisotopic (exact) mass is 744 g/mol. The molecule has 0 fully saturated rings. The van der Waals surface area contributed by atoms with E-state index in [9.17, 15) is 79.4 Å². The summed E-state index contributed by atoms with van der Waals surface area (Å²) in [6.45, 7) is 2.19. The lowest BCUT2D eigenvalue weighted by molar-refractivity contribution is -0.471. The van der Waals surface area contributed by atoms with Gasteiger partial charge in [-0.05, 0) is 41.8 Å². The zero-order valence-corrected chi connectivity index (χ0v) is 24.7. The van der Waals surface area contributed by atoms with Crippen LogP contribution in [0.2, 0.25) is 0 Å². The first-order valence-electron chi connectivity index (χ1n) is 13.9. The van der Waals surface area contributed by atoms with E-state index in [2.05, 4.69) is 4.74 Å². The minimum atomic E-state index is -8.72. The van der Waals surface area contributed by atoms with E-state index in [0.29, 0.717) is 18.6 Å². The second-order valence-electron chi connectivity index (χ2n) is 10.6. The van der Waals surface area contributed by atoms with Gasteiger partial charge in [-0.25, -0.2) is 4.79 Å². The van der Waals surface area contributed by atoms with Crippen molar-refractivity contribution < 1.29 is 88.9 Å². The van der Waals surface area contributed by atoms with E-state index in [0.717, 1.165) is 44.2 Å². The number of ether oxygens (including phenoxy) is 2. The molecular formula is C29H25F17O3. The van der Waals surface area contributed by atoms with Crippen molar-refractivity contribution in [1.29, 1.82) is 0 Å². The van der Waals surface area contributed by atoms with E-state index in [-0.39, 0.29) is 23.3 Å². The zero-order valence-electron chi connectivity index (χ0n) is 24.7. The molecule has 0 aliphatic carbocycles. The predicted octanol–water partition coefficient (Wildman–Crippen LogP) is 11.2. The highest BCUT2D eigenvalue weighted by Crippen LogP contribution is 2.64. The van der Waals surface area contributed by atoms with E-state index in [1.807, 2.05) is 6.92 Å². The Bertz CT molecular complexity index is 1390. The van der Waals surface area contributed by atoms with Crippen molar-refractivity contribution in [1.82, 2.24) is 0 Å². The molecule has 0 aliphatic heterocycles. The Labute approximate surface area is 266 Å². The fraction of sp³-hybridized carbons (Fsp3) is 0.552. The number of rotatable bonds is 17. The Hall–Kier alpha value is -3.48. The van der Waals surface area contributed by atoms with E-state index in [1.165, 1.54) is 24.3 Å². The van der Waals surface area contributed by atoms with Crippen molar-refractivity contribution in [2.24, 2.45) is 0 Å². The van der Waals surface area contributed by atoms with E-state index >= 15 is 0 Å². The lowest BCUT2D eigenvalue weighted by Gasteiger charge is -2.42. The number of hydrogen-bond acceptors (Lipinski definition) is 3. The molecule has 0 radical (unpaired) electrons. The summed E-state index contributed by atoms with van der Waals surface area (Å²) in [4.78, 5) is 12.2. The molecule has 0 saturated heterocycles. The summed E-state index contributed by atoms with van der Waals surface area (Å²) in [5.74, 6) is -52.9. The number of esters is 1. The highest BCUT2D eigenvalue weighted by Gasteiger charge is 2.95. The normalized spacial score (nSPS) is 14.2. The van der Waals surface area contributed by atoms with Crippen LogP contribution in [0, 0.1) is 0 Å². The van der Waals surface area contributed by atoms with Crippen LogP contribution in [0.15, 0.2) is 48.5 Å². The number of carbonyl (C=O) groups is 1.